The van der Waals surface area contributed by atoms with E-state index in [4.69, 9.17) is 23.2 Å². The zero-order valence-corrected chi connectivity index (χ0v) is 18.0. The lowest BCUT2D eigenvalue weighted by Crippen LogP contribution is -2.38. The van der Waals surface area contributed by atoms with Gasteiger partial charge in [0.1, 0.15) is 0 Å². The smallest absolute Gasteiger partial charge is 0.230 e. The molecule has 3 aromatic rings. The fourth-order valence-corrected chi connectivity index (χ4v) is 3.95. The normalized spacial score (nSPS) is 12.0. The lowest BCUT2D eigenvalue weighted by molar-refractivity contribution is -0.119. The molecule has 0 saturated carbocycles. The second kappa shape index (κ2) is 10.1. The van der Waals surface area contributed by atoms with Crippen molar-refractivity contribution < 1.29 is 9.90 Å². The third-order valence-corrected chi connectivity index (χ3v) is 5.71. The van der Waals surface area contributed by atoms with E-state index in [0.717, 1.165) is 5.69 Å². The number of benzene rings is 2. The van der Waals surface area contributed by atoms with Gasteiger partial charge in [-0.1, -0.05) is 60.1 Å². The van der Waals surface area contributed by atoms with Crippen molar-refractivity contribution >= 4 is 40.9 Å². The second-order valence-corrected chi connectivity index (χ2v) is 8.03. The molecule has 1 aromatic heterocycles. The molecular formula is C20H20Cl2N4O2S. The van der Waals surface area contributed by atoms with Crippen LogP contribution in [0.15, 0.2) is 53.7 Å². The van der Waals surface area contributed by atoms with E-state index in [1.54, 1.807) is 18.2 Å². The maximum absolute atomic E-state index is 12.2. The Morgan fingerprint density at radius 3 is 2.62 bits per heavy atom. The van der Waals surface area contributed by atoms with E-state index < -0.39 is 0 Å². The van der Waals surface area contributed by atoms with Crippen molar-refractivity contribution in [2.75, 3.05) is 12.4 Å². The van der Waals surface area contributed by atoms with Crippen molar-refractivity contribution in [1.82, 2.24) is 20.1 Å². The fourth-order valence-electron chi connectivity index (χ4n) is 2.69. The van der Waals surface area contributed by atoms with Crippen molar-refractivity contribution in [1.29, 1.82) is 0 Å². The number of hydrogen-bond acceptors (Lipinski definition) is 5. The van der Waals surface area contributed by atoms with Crippen molar-refractivity contribution in [2.24, 2.45) is 0 Å². The number of carbonyl (C=O) groups is 1. The van der Waals surface area contributed by atoms with Gasteiger partial charge in [-0.2, -0.15) is 0 Å². The lowest BCUT2D eigenvalue weighted by Gasteiger charge is -2.14. The van der Waals surface area contributed by atoms with Crippen LogP contribution in [0.4, 0.5) is 0 Å². The monoisotopic (exact) mass is 450 g/mol. The molecule has 0 radical (unpaired) electrons. The summed E-state index contributed by atoms with van der Waals surface area (Å²) in [6, 6.07) is 14.5. The first-order chi connectivity index (χ1) is 14.0. The maximum atomic E-state index is 12.2. The van der Waals surface area contributed by atoms with Gasteiger partial charge in [0, 0.05) is 16.3 Å². The van der Waals surface area contributed by atoms with Crippen molar-refractivity contribution in [3.63, 3.8) is 0 Å². The standard InChI is InChI=1S/C20H20Cl2N4O2S/c1-2-14(11-27)23-18(28)12-29-20-25-24-19(16-9-8-13(21)10-17(16)22)26(20)15-6-4-3-5-7-15/h3-10,14,27H,2,11-12H2,1H3,(H,23,28). The van der Waals surface area contributed by atoms with Gasteiger partial charge in [-0.15, -0.1) is 10.2 Å². The van der Waals surface area contributed by atoms with E-state index in [1.165, 1.54) is 11.8 Å². The number of para-hydroxylation sites is 1. The molecule has 0 bridgehead atoms. The van der Waals surface area contributed by atoms with Gasteiger partial charge in [-0.05, 0) is 36.8 Å². The van der Waals surface area contributed by atoms with E-state index in [2.05, 4.69) is 15.5 Å². The van der Waals surface area contributed by atoms with Gasteiger partial charge < -0.3 is 10.4 Å². The summed E-state index contributed by atoms with van der Waals surface area (Å²) in [5.41, 5.74) is 1.54. The summed E-state index contributed by atoms with van der Waals surface area (Å²) in [5.74, 6) is 0.530. The molecule has 0 aliphatic carbocycles. The van der Waals surface area contributed by atoms with Crippen LogP contribution >= 0.6 is 35.0 Å². The molecule has 152 valence electrons. The Labute approximate surface area is 183 Å². The van der Waals surface area contributed by atoms with Crippen molar-refractivity contribution in [3.8, 4) is 17.1 Å². The summed E-state index contributed by atoms with van der Waals surface area (Å²) in [5, 5.41) is 22.2. The van der Waals surface area contributed by atoms with E-state index in [0.29, 0.717) is 33.0 Å². The van der Waals surface area contributed by atoms with Gasteiger partial charge in [0.05, 0.1) is 23.4 Å². The summed E-state index contributed by atoms with van der Waals surface area (Å²) in [6.07, 6.45) is 0.659. The van der Waals surface area contributed by atoms with E-state index >= 15 is 0 Å². The van der Waals surface area contributed by atoms with Crippen LogP contribution in [0.2, 0.25) is 10.0 Å². The number of carbonyl (C=O) groups excluding carboxylic acids is 1. The van der Waals surface area contributed by atoms with E-state index in [1.807, 2.05) is 41.8 Å². The first kappa shape index (κ1) is 21.6. The number of nitrogens with one attached hydrogen (secondary N) is 1. The average molecular weight is 451 g/mol. The Morgan fingerprint density at radius 2 is 1.97 bits per heavy atom. The first-order valence-electron chi connectivity index (χ1n) is 9.02. The first-order valence-corrected chi connectivity index (χ1v) is 10.8. The third-order valence-electron chi connectivity index (χ3n) is 4.23. The highest BCUT2D eigenvalue weighted by atomic mass is 35.5. The minimum absolute atomic E-state index is 0.0910. The van der Waals surface area contributed by atoms with Crippen molar-refractivity contribution in [2.45, 2.75) is 24.5 Å². The van der Waals surface area contributed by atoms with Crippen LogP contribution in [-0.4, -0.2) is 44.2 Å². The molecule has 0 saturated heterocycles. The zero-order chi connectivity index (χ0) is 20.8. The lowest BCUT2D eigenvalue weighted by atomic mass is 10.2. The number of thioether (sulfide) groups is 1. The molecule has 1 amide bonds. The average Bonchev–Trinajstić information content (AvgIpc) is 3.14. The Bertz CT molecular complexity index is 978. The maximum Gasteiger partial charge on any atom is 0.230 e. The van der Waals surface area contributed by atoms with Crippen LogP contribution in [0, 0.1) is 0 Å². The number of nitrogens with zero attached hydrogens (tertiary/aromatic N) is 3. The Balaban J connectivity index is 1.92. The Kier molecular flexibility index (Phi) is 7.55. The number of aliphatic hydroxyl groups is 1. The van der Waals surface area contributed by atoms with Gasteiger partial charge in [0.2, 0.25) is 5.91 Å². The molecule has 1 atom stereocenters. The number of rotatable bonds is 8. The number of hydrogen-bond donors (Lipinski definition) is 2. The molecule has 2 aromatic carbocycles. The van der Waals surface area contributed by atoms with E-state index in [-0.39, 0.29) is 24.3 Å². The van der Waals surface area contributed by atoms with E-state index in [9.17, 15) is 9.90 Å². The molecular weight excluding hydrogens is 431 g/mol. The number of aromatic nitrogens is 3. The minimum atomic E-state index is -0.251. The molecule has 6 nitrogen and oxygen atoms in total. The zero-order valence-electron chi connectivity index (χ0n) is 15.7. The molecule has 29 heavy (non-hydrogen) atoms. The van der Waals surface area contributed by atoms with Gasteiger partial charge in [0.15, 0.2) is 11.0 Å². The summed E-state index contributed by atoms with van der Waals surface area (Å²) in [6.45, 7) is 1.81. The van der Waals surface area contributed by atoms with Crippen LogP contribution in [0.1, 0.15) is 13.3 Å². The summed E-state index contributed by atoms with van der Waals surface area (Å²) >= 11 is 13.7. The van der Waals surface area contributed by atoms with Crippen LogP contribution < -0.4 is 5.32 Å². The topological polar surface area (TPSA) is 80.0 Å². The Hall–Kier alpha value is -2.06. The Morgan fingerprint density at radius 1 is 1.21 bits per heavy atom. The molecule has 0 aliphatic rings. The number of aliphatic hydroxyl groups excluding tert-OH is 1. The molecule has 2 N–H and O–H groups in total. The molecule has 0 spiro atoms. The third kappa shape index (κ3) is 5.30. The van der Waals surface area contributed by atoms with Gasteiger partial charge in [0.25, 0.3) is 0 Å². The van der Waals surface area contributed by atoms with Crippen LogP contribution in [0.25, 0.3) is 17.1 Å². The molecule has 1 heterocycles. The molecule has 9 heteroatoms. The predicted molar refractivity (Wildman–Crippen MR) is 117 cm³/mol. The summed E-state index contributed by atoms with van der Waals surface area (Å²) < 4.78 is 1.86. The van der Waals surface area contributed by atoms with Gasteiger partial charge in [-0.3, -0.25) is 9.36 Å². The van der Waals surface area contributed by atoms with Crippen LogP contribution in [0.5, 0.6) is 0 Å². The highest BCUT2D eigenvalue weighted by Crippen LogP contribution is 2.33. The molecule has 0 fully saturated rings. The minimum Gasteiger partial charge on any atom is -0.394 e. The molecule has 0 aliphatic heterocycles. The van der Waals surface area contributed by atoms with Gasteiger partial charge >= 0.3 is 0 Å². The molecule has 3 rings (SSSR count). The van der Waals surface area contributed by atoms with Crippen LogP contribution in [0.3, 0.4) is 0 Å². The number of halogens is 2. The summed E-state index contributed by atoms with van der Waals surface area (Å²) in [7, 11) is 0. The summed E-state index contributed by atoms with van der Waals surface area (Å²) in [4.78, 5) is 12.2. The highest BCUT2D eigenvalue weighted by Gasteiger charge is 2.19. The SMILES string of the molecule is CCC(CO)NC(=O)CSc1nnc(-c2ccc(Cl)cc2Cl)n1-c1ccccc1. The van der Waals surface area contributed by atoms with Crippen molar-refractivity contribution in [3.05, 3.63) is 58.6 Å². The number of amides is 1. The largest absolute Gasteiger partial charge is 0.394 e. The van der Waals surface area contributed by atoms with Gasteiger partial charge in [-0.25, -0.2) is 0 Å². The second-order valence-electron chi connectivity index (χ2n) is 6.25. The fraction of sp³-hybridized carbons (Fsp3) is 0.250. The molecule has 1 unspecified atom stereocenters. The van der Waals surface area contributed by atoms with Crippen LogP contribution in [-0.2, 0) is 4.79 Å². The quantitative estimate of drug-likeness (QED) is 0.502. The predicted octanol–water partition coefficient (Wildman–Crippen LogP) is 4.22. The highest BCUT2D eigenvalue weighted by molar-refractivity contribution is 7.99.